The maximum absolute atomic E-state index is 11.5. The van der Waals surface area contributed by atoms with E-state index in [4.69, 9.17) is 11.6 Å². The quantitative estimate of drug-likeness (QED) is 0.833. The van der Waals surface area contributed by atoms with Crippen molar-refractivity contribution in [3.05, 3.63) is 16.0 Å². The Morgan fingerprint density at radius 2 is 2.38 bits per heavy atom. The molecule has 0 fully saturated rings. The van der Waals surface area contributed by atoms with Crippen LogP contribution in [0.4, 0.5) is 5.82 Å². The first kappa shape index (κ1) is 13.2. The summed E-state index contributed by atoms with van der Waals surface area (Å²) in [4.78, 5) is 19.2. The molecule has 2 N–H and O–H groups in total. The summed E-state index contributed by atoms with van der Waals surface area (Å²) in [6.07, 6.45) is 1.53. The number of anilines is 1. The van der Waals surface area contributed by atoms with Crippen LogP contribution in [-0.2, 0) is 4.79 Å². The monoisotopic (exact) mass is 306 g/mol. The zero-order chi connectivity index (χ0) is 12.1. The zero-order valence-electron chi connectivity index (χ0n) is 8.92. The highest BCUT2D eigenvalue weighted by Gasteiger charge is 2.14. The number of hydrogen-bond acceptors (Lipinski definition) is 4. The van der Waals surface area contributed by atoms with Crippen molar-refractivity contribution >= 4 is 39.3 Å². The second-order valence-electron chi connectivity index (χ2n) is 3.10. The number of halogens is 2. The number of carbonyl (C=O) groups excluding carboxylic acids is 1. The summed E-state index contributed by atoms with van der Waals surface area (Å²) in [5.41, 5.74) is 0. The Morgan fingerprint density at radius 3 is 3.00 bits per heavy atom. The molecule has 7 heteroatoms. The topological polar surface area (TPSA) is 66.9 Å². The minimum absolute atomic E-state index is 0.0934. The van der Waals surface area contributed by atoms with Gasteiger partial charge in [0.15, 0.2) is 0 Å². The molecule has 16 heavy (non-hydrogen) atoms. The number of aromatic nitrogens is 2. The lowest BCUT2D eigenvalue weighted by Crippen LogP contribution is -2.37. The highest BCUT2D eigenvalue weighted by molar-refractivity contribution is 9.10. The van der Waals surface area contributed by atoms with Gasteiger partial charge in [-0.15, -0.1) is 0 Å². The van der Waals surface area contributed by atoms with E-state index in [1.165, 1.54) is 6.20 Å². The Morgan fingerprint density at radius 1 is 1.69 bits per heavy atom. The minimum Gasteiger partial charge on any atom is -0.358 e. The van der Waals surface area contributed by atoms with Crippen LogP contribution in [0, 0.1) is 0 Å². The van der Waals surface area contributed by atoms with Crippen molar-refractivity contribution in [2.24, 2.45) is 0 Å². The second-order valence-corrected chi connectivity index (χ2v) is 4.29. The van der Waals surface area contributed by atoms with Gasteiger partial charge in [0, 0.05) is 12.7 Å². The van der Waals surface area contributed by atoms with Crippen molar-refractivity contribution in [1.29, 1.82) is 0 Å². The van der Waals surface area contributed by atoms with Gasteiger partial charge < -0.3 is 10.6 Å². The van der Waals surface area contributed by atoms with Crippen molar-refractivity contribution in [2.45, 2.75) is 19.9 Å². The Kier molecular flexibility index (Phi) is 4.95. The van der Waals surface area contributed by atoms with Crippen LogP contribution in [0.15, 0.2) is 10.7 Å². The second kappa shape index (κ2) is 6.00. The van der Waals surface area contributed by atoms with E-state index >= 15 is 0 Å². The molecule has 0 saturated carbocycles. The van der Waals surface area contributed by atoms with Gasteiger partial charge in [0.05, 0.1) is 4.47 Å². The number of nitrogens with one attached hydrogen (secondary N) is 2. The van der Waals surface area contributed by atoms with Gasteiger partial charge in [-0.2, -0.15) is 4.98 Å². The highest BCUT2D eigenvalue weighted by atomic mass is 79.9. The number of amides is 1. The summed E-state index contributed by atoms with van der Waals surface area (Å²) < 4.78 is 0.660. The maximum atomic E-state index is 11.5. The average molecular weight is 308 g/mol. The molecular formula is C9H12BrClN4O. The molecule has 1 aromatic rings. The molecule has 1 atom stereocenters. The molecule has 0 aliphatic rings. The molecular weight excluding hydrogens is 295 g/mol. The fourth-order valence-corrected chi connectivity index (χ4v) is 1.48. The standard InChI is InChI=1S/C9H12BrClN4O/c1-3-12-8(16)5(2)14-7-6(10)4-13-9(11)15-7/h4-5H,3H2,1-2H3,(H,12,16)(H,13,14,15). The van der Waals surface area contributed by atoms with Crippen LogP contribution in [0.25, 0.3) is 0 Å². The Labute approximate surface area is 107 Å². The van der Waals surface area contributed by atoms with Gasteiger partial charge in [-0.05, 0) is 41.4 Å². The van der Waals surface area contributed by atoms with Crippen LogP contribution < -0.4 is 10.6 Å². The minimum atomic E-state index is -0.387. The molecule has 0 spiro atoms. The van der Waals surface area contributed by atoms with Crippen molar-refractivity contribution in [1.82, 2.24) is 15.3 Å². The fourth-order valence-electron chi connectivity index (χ4n) is 1.04. The molecule has 1 unspecified atom stereocenters. The molecule has 0 bridgehead atoms. The van der Waals surface area contributed by atoms with Crippen molar-refractivity contribution in [3.8, 4) is 0 Å². The smallest absolute Gasteiger partial charge is 0.242 e. The number of hydrogen-bond donors (Lipinski definition) is 2. The number of carbonyl (C=O) groups is 1. The third-order valence-corrected chi connectivity index (χ3v) is 2.57. The van der Waals surface area contributed by atoms with Crippen molar-refractivity contribution < 1.29 is 4.79 Å². The van der Waals surface area contributed by atoms with Gasteiger partial charge in [0.25, 0.3) is 0 Å². The number of likely N-dealkylation sites (N-methyl/N-ethyl adjacent to an activating group) is 1. The normalized spacial score (nSPS) is 12.0. The SMILES string of the molecule is CCNC(=O)C(C)Nc1nc(Cl)ncc1Br. The van der Waals surface area contributed by atoms with Gasteiger partial charge >= 0.3 is 0 Å². The molecule has 88 valence electrons. The fraction of sp³-hybridized carbons (Fsp3) is 0.444. The molecule has 0 saturated heterocycles. The van der Waals surface area contributed by atoms with Gasteiger partial charge in [-0.25, -0.2) is 4.98 Å². The van der Waals surface area contributed by atoms with E-state index in [0.29, 0.717) is 16.8 Å². The van der Waals surface area contributed by atoms with Gasteiger partial charge in [0.2, 0.25) is 11.2 Å². The molecule has 0 aliphatic heterocycles. The van der Waals surface area contributed by atoms with Gasteiger partial charge in [-0.1, -0.05) is 0 Å². The summed E-state index contributed by atoms with van der Waals surface area (Å²) in [7, 11) is 0. The van der Waals surface area contributed by atoms with Crippen LogP contribution in [0.5, 0.6) is 0 Å². The van der Waals surface area contributed by atoms with Crippen molar-refractivity contribution in [3.63, 3.8) is 0 Å². The number of rotatable bonds is 4. The van der Waals surface area contributed by atoms with Crippen molar-refractivity contribution in [2.75, 3.05) is 11.9 Å². The Bertz CT molecular complexity index is 388. The molecule has 1 heterocycles. The summed E-state index contributed by atoms with van der Waals surface area (Å²) in [6, 6.07) is -0.387. The van der Waals surface area contributed by atoms with Crippen LogP contribution in [0.1, 0.15) is 13.8 Å². The van der Waals surface area contributed by atoms with Crippen LogP contribution in [0.2, 0.25) is 5.28 Å². The Balaban J connectivity index is 2.72. The first-order valence-electron chi connectivity index (χ1n) is 4.77. The van der Waals surface area contributed by atoms with E-state index in [0.717, 1.165) is 0 Å². The van der Waals surface area contributed by atoms with E-state index in [1.807, 2.05) is 6.92 Å². The van der Waals surface area contributed by atoms with Crippen LogP contribution >= 0.6 is 27.5 Å². The highest BCUT2D eigenvalue weighted by Crippen LogP contribution is 2.20. The van der Waals surface area contributed by atoms with Crippen LogP contribution in [0.3, 0.4) is 0 Å². The third kappa shape index (κ3) is 3.61. The lowest BCUT2D eigenvalue weighted by atomic mass is 10.3. The Hall–Kier alpha value is -0.880. The summed E-state index contributed by atoms with van der Waals surface area (Å²) in [6.45, 7) is 4.20. The molecule has 0 aromatic carbocycles. The van der Waals surface area contributed by atoms with E-state index in [2.05, 4.69) is 36.5 Å². The van der Waals surface area contributed by atoms with Gasteiger partial charge in [-0.3, -0.25) is 4.79 Å². The predicted molar refractivity (Wildman–Crippen MR) is 66.5 cm³/mol. The van der Waals surface area contributed by atoms with E-state index in [-0.39, 0.29) is 17.2 Å². The third-order valence-electron chi connectivity index (χ3n) is 1.81. The lowest BCUT2D eigenvalue weighted by Gasteiger charge is -2.14. The molecule has 0 radical (unpaired) electrons. The zero-order valence-corrected chi connectivity index (χ0v) is 11.3. The first-order valence-corrected chi connectivity index (χ1v) is 5.94. The van der Waals surface area contributed by atoms with E-state index < -0.39 is 0 Å². The summed E-state index contributed by atoms with van der Waals surface area (Å²) in [5, 5.41) is 5.78. The molecule has 0 aliphatic carbocycles. The predicted octanol–water partition coefficient (Wildman–Crippen LogP) is 1.83. The van der Waals surface area contributed by atoms with Crippen LogP contribution in [-0.4, -0.2) is 28.5 Å². The summed E-state index contributed by atoms with van der Waals surface area (Å²) >= 11 is 8.93. The largest absolute Gasteiger partial charge is 0.358 e. The number of nitrogens with zero attached hydrogens (tertiary/aromatic N) is 2. The molecule has 1 amide bonds. The average Bonchev–Trinajstić information content (AvgIpc) is 2.23. The molecule has 5 nitrogen and oxygen atoms in total. The molecule has 1 rings (SSSR count). The molecule has 1 aromatic heterocycles. The van der Waals surface area contributed by atoms with E-state index in [1.54, 1.807) is 6.92 Å². The lowest BCUT2D eigenvalue weighted by molar-refractivity contribution is -0.121. The van der Waals surface area contributed by atoms with E-state index in [9.17, 15) is 4.79 Å². The maximum Gasteiger partial charge on any atom is 0.242 e. The first-order chi connectivity index (χ1) is 7.54. The van der Waals surface area contributed by atoms with Gasteiger partial charge in [0.1, 0.15) is 11.9 Å². The summed E-state index contributed by atoms with van der Waals surface area (Å²) in [5.74, 6) is 0.405.